The topological polar surface area (TPSA) is 51.7 Å². The first kappa shape index (κ1) is 15.6. The van der Waals surface area contributed by atoms with Crippen LogP contribution in [0, 0.1) is 6.92 Å². The van der Waals surface area contributed by atoms with Crippen molar-refractivity contribution in [3.05, 3.63) is 46.4 Å². The van der Waals surface area contributed by atoms with Crippen LogP contribution in [-0.4, -0.2) is 47.2 Å². The Hall–Kier alpha value is -1.92. The lowest BCUT2D eigenvalue weighted by molar-refractivity contribution is -0.0785. The zero-order valence-electron chi connectivity index (χ0n) is 13.6. The fraction of sp³-hybridized carbons (Fsp3) is 0.444. The molecule has 2 aliphatic rings. The summed E-state index contributed by atoms with van der Waals surface area (Å²) in [4.78, 5) is 19.8. The van der Waals surface area contributed by atoms with E-state index >= 15 is 0 Å². The number of morpholine rings is 1. The van der Waals surface area contributed by atoms with Crippen LogP contribution in [0.2, 0.25) is 0 Å². The number of nitrogens with zero attached hydrogens (tertiary/aromatic N) is 2. The average Bonchev–Trinajstić information content (AvgIpc) is 3.22. The molecule has 1 aliphatic heterocycles. The first-order valence-electron chi connectivity index (χ1n) is 8.27. The molecule has 2 aromatic heterocycles. The summed E-state index contributed by atoms with van der Waals surface area (Å²) in [6.45, 7) is 3.20. The molecule has 4 rings (SSSR count). The second-order valence-electron chi connectivity index (χ2n) is 6.26. The van der Waals surface area contributed by atoms with Gasteiger partial charge in [-0.3, -0.25) is 9.78 Å². The van der Waals surface area contributed by atoms with E-state index in [1.54, 1.807) is 12.4 Å². The van der Waals surface area contributed by atoms with Crippen LogP contribution in [0.5, 0.6) is 5.75 Å². The van der Waals surface area contributed by atoms with Crippen LogP contribution in [0.15, 0.2) is 36.0 Å². The first-order chi connectivity index (χ1) is 11.7. The van der Waals surface area contributed by atoms with Gasteiger partial charge >= 0.3 is 0 Å². The first-order valence-corrected chi connectivity index (χ1v) is 9.15. The predicted octanol–water partition coefficient (Wildman–Crippen LogP) is 2.90. The van der Waals surface area contributed by atoms with Crippen molar-refractivity contribution in [3.63, 3.8) is 0 Å². The fourth-order valence-electron chi connectivity index (χ4n) is 3.61. The van der Waals surface area contributed by atoms with E-state index < -0.39 is 0 Å². The van der Waals surface area contributed by atoms with Gasteiger partial charge in [-0.15, -0.1) is 11.3 Å². The third-order valence-corrected chi connectivity index (χ3v) is 5.78. The Bertz CT molecular complexity index is 718. The molecule has 0 N–H and O–H groups in total. The molecule has 5 nitrogen and oxygen atoms in total. The molecule has 3 heterocycles. The number of thiophene rings is 1. The minimum absolute atomic E-state index is 0.0285. The molecule has 6 heteroatoms. The van der Waals surface area contributed by atoms with Crippen molar-refractivity contribution < 1.29 is 14.3 Å². The van der Waals surface area contributed by atoms with Crippen molar-refractivity contribution in [2.75, 3.05) is 13.2 Å². The molecule has 1 amide bonds. The van der Waals surface area contributed by atoms with Crippen LogP contribution < -0.4 is 4.74 Å². The van der Waals surface area contributed by atoms with Crippen LogP contribution >= 0.6 is 11.3 Å². The number of hydrogen-bond acceptors (Lipinski definition) is 5. The van der Waals surface area contributed by atoms with Gasteiger partial charge in [-0.2, -0.15) is 0 Å². The maximum atomic E-state index is 12.9. The number of ether oxygens (including phenoxy) is 2. The predicted molar refractivity (Wildman–Crippen MR) is 91.5 cm³/mol. The van der Waals surface area contributed by atoms with Crippen LogP contribution in [-0.2, 0) is 4.74 Å². The van der Waals surface area contributed by atoms with Crippen molar-refractivity contribution in [1.82, 2.24) is 9.88 Å². The maximum absolute atomic E-state index is 12.9. The Labute approximate surface area is 145 Å². The Morgan fingerprint density at radius 2 is 2.33 bits per heavy atom. The molecule has 0 bridgehead atoms. The van der Waals surface area contributed by atoms with Crippen molar-refractivity contribution in [2.24, 2.45) is 0 Å². The molecule has 0 radical (unpaired) electrons. The van der Waals surface area contributed by atoms with Gasteiger partial charge in [-0.1, -0.05) is 0 Å². The van der Waals surface area contributed by atoms with Crippen LogP contribution in [0.25, 0.3) is 0 Å². The van der Waals surface area contributed by atoms with E-state index in [0.717, 1.165) is 29.0 Å². The van der Waals surface area contributed by atoms with Gasteiger partial charge in [0.1, 0.15) is 18.0 Å². The summed E-state index contributed by atoms with van der Waals surface area (Å²) in [5, 5.41) is 1.98. The molecule has 2 fully saturated rings. The van der Waals surface area contributed by atoms with Gasteiger partial charge < -0.3 is 14.4 Å². The lowest BCUT2D eigenvalue weighted by Gasteiger charge is -2.38. The van der Waals surface area contributed by atoms with Gasteiger partial charge in [-0.05, 0) is 48.9 Å². The standard InChI is InChI=1S/C18H20N2O3S/c1-12-6-10-24-17(12)18(21)20-8-9-22-16-14(20)4-5-15(16)23-13-3-2-7-19-11-13/h2-3,6-7,10-11,14-16H,4-5,8-9H2,1H3/t14-,15+,16+/m1/s1. The second kappa shape index (κ2) is 6.53. The minimum Gasteiger partial charge on any atom is -0.486 e. The van der Waals surface area contributed by atoms with Crippen molar-refractivity contribution in [2.45, 2.75) is 38.0 Å². The number of amides is 1. The van der Waals surface area contributed by atoms with E-state index in [1.165, 1.54) is 11.3 Å². The van der Waals surface area contributed by atoms with Gasteiger partial charge in [0, 0.05) is 12.7 Å². The molecule has 2 aromatic rings. The largest absolute Gasteiger partial charge is 0.486 e. The molecule has 1 saturated heterocycles. The van der Waals surface area contributed by atoms with E-state index in [0.29, 0.717) is 13.2 Å². The molecule has 3 atom stereocenters. The molecule has 0 spiro atoms. The number of rotatable bonds is 3. The molecule has 0 unspecified atom stereocenters. The summed E-state index contributed by atoms with van der Waals surface area (Å²) < 4.78 is 12.0. The third kappa shape index (κ3) is 2.80. The van der Waals surface area contributed by atoms with E-state index in [1.807, 2.05) is 35.4 Å². The minimum atomic E-state index is -0.0665. The molecular weight excluding hydrogens is 324 g/mol. The molecule has 126 valence electrons. The molecular formula is C18H20N2O3S. The lowest BCUT2D eigenvalue weighted by Crippen LogP contribution is -2.54. The highest BCUT2D eigenvalue weighted by molar-refractivity contribution is 7.12. The number of pyridine rings is 1. The zero-order valence-corrected chi connectivity index (χ0v) is 14.4. The molecule has 24 heavy (non-hydrogen) atoms. The van der Waals surface area contributed by atoms with Crippen LogP contribution in [0.3, 0.4) is 0 Å². The van der Waals surface area contributed by atoms with Crippen molar-refractivity contribution in [1.29, 1.82) is 0 Å². The van der Waals surface area contributed by atoms with Gasteiger partial charge in [0.25, 0.3) is 5.91 Å². The summed E-state index contributed by atoms with van der Waals surface area (Å²) in [7, 11) is 0. The summed E-state index contributed by atoms with van der Waals surface area (Å²) >= 11 is 1.52. The Morgan fingerprint density at radius 3 is 3.08 bits per heavy atom. The normalized spacial score (nSPS) is 26.2. The Kier molecular flexibility index (Phi) is 4.24. The number of aryl methyl sites for hydroxylation is 1. The monoisotopic (exact) mass is 344 g/mol. The highest BCUT2D eigenvalue weighted by atomic mass is 32.1. The van der Waals surface area contributed by atoms with Gasteiger partial charge in [0.05, 0.1) is 23.7 Å². The highest BCUT2D eigenvalue weighted by Gasteiger charge is 2.46. The Morgan fingerprint density at radius 1 is 1.42 bits per heavy atom. The maximum Gasteiger partial charge on any atom is 0.264 e. The summed E-state index contributed by atoms with van der Waals surface area (Å²) in [6.07, 6.45) is 5.14. The van der Waals surface area contributed by atoms with E-state index in [4.69, 9.17) is 9.47 Å². The van der Waals surface area contributed by atoms with Gasteiger partial charge in [0.2, 0.25) is 0 Å². The lowest BCUT2D eigenvalue weighted by atomic mass is 10.1. The number of hydrogen-bond donors (Lipinski definition) is 0. The van der Waals surface area contributed by atoms with Crippen LogP contribution in [0.4, 0.5) is 0 Å². The SMILES string of the molecule is Cc1ccsc1C(=O)N1CCO[C@@H]2[C@@H](Oc3cccnc3)CC[C@H]21. The van der Waals surface area contributed by atoms with E-state index in [9.17, 15) is 4.79 Å². The van der Waals surface area contributed by atoms with Gasteiger partial charge in [0.15, 0.2) is 0 Å². The Balaban J connectivity index is 1.50. The smallest absolute Gasteiger partial charge is 0.264 e. The quantitative estimate of drug-likeness (QED) is 0.859. The molecule has 1 saturated carbocycles. The zero-order chi connectivity index (χ0) is 16.5. The summed E-state index contributed by atoms with van der Waals surface area (Å²) in [6, 6.07) is 5.85. The number of carbonyl (C=O) groups excluding carboxylic acids is 1. The molecule has 0 aromatic carbocycles. The van der Waals surface area contributed by atoms with Crippen LogP contribution in [0.1, 0.15) is 28.1 Å². The summed E-state index contributed by atoms with van der Waals surface area (Å²) in [5.41, 5.74) is 1.05. The highest BCUT2D eigenvalue weighted by Crippen LogP contribution is 2.34. The van der Waals surface area contributed by atoms with Crippen molar-refractivity contribution in [3.8, 4) is 5.75 Å². The number of carbonyl (C=O) groups is 1. The van der Waals surface area contributed by atoms with Gasteiger partial charge in [-0.25, -0.2) is 0 Å². The van der Waals surface area contributed by atoms with E-state index in [2.05, 4.69) is 4.98 Å². The fourth-order valence-corrected chi connectivity index (χ4v) is 4.49. The van der Waals surface area contributed by atoms with Crippen molar-refractivity contribution >= 4 is 17.2 Å². The number of fused-ring (bicyclic) bond motifs is 1. The third-order valence-electron chi connectivity index (χ3n) is 4.77. The number of aromatic nitrogens is 1. The summed E-state index contributed by atoms with van der Waals surface area (Å²) in [5.74, 6) is 0.882. The van der Waals surface area contributed by atoms with E-state index in [-0.39, 0.29) is 24.2 Å². The molecule has 1 aliphatic carbocycles. The second-order valence-corrected chi connectivity index (χ2v) is 7.17. The average molecular weight is 344 g/mol.